The molecule has 5 heteroatoms. The van der Waals surface area contributed by atoms with Gasteiger partial charge in [0.1, 0.15) is 17.1 Å². The Hall–Kier alpha value is -2.17. The fourth-order valence-corrected chi connectivity index (χ4v) is 1.75. The van der Waals surface area contributed by atoms with Crippen LogP contribution in [-0.4, -0.2) is 5.11 Å². The van der Waals surface area contributed by atoms with E-state index in [1.54, 1.807) is 6.92 Å². The Morgan fingerprint density at radius 3 is 2.50 bits per heavy atom. The van der Waals surface area contributed by atoms with Crippen LogP contribution in [0.4, 0.5) is 8.78 Å². The Kier molecular flexibility index (Phi) is 2.90. The van der Waals surface area contributed by atoms with E-state index in [0.29, 0.717) is 5.56 Å². The molecule has 0 spiro atoms. The molecule has 1 aromatic carbocycles. The third-order valence-corrected chi connectivity index (χ3v) is 2.66. The molecule has 1 aromatic heterocycles. The maximum Gasteiger partial charge on any atom is 0.347 e. The number of halogens is 2. The highest BCUT2D eigenvalue weighted by molar-refractivity contribution is 5.71. The predicted molar refractivity (Wildman–Crippen MR) is 61.5 cm³/mol. The molecule has 1 N–H and O–H groups in total. The summed E-state index contributed by atoms with van der Waals surface area (Å²) in [7, 11) is 0. The minimum atomic E-state index is -0.992. The first-order chi connectivity index (χ1) is 8.41. The normalized spacial score (nSPS) is 10.7. The van der Waals surface area contributed by atoms with Crippen molar-refractivity contribution in [2.45, 2.75) is 13.8 Å². The summed E-state index contributed by atoms with van der Waals surface area (Å²) in [6, 6.07) is 3.61. The lowest BCUT2D eigenvalue weighted by atomic mass is 10.0. The van der Waals surface area contributed by atoms with Gasteiger partial charge in [-0.15, -0.1) is 0 Å². The number of hydrogen-bond donors (Lipinski definition) is 1. The molecule has 0 aliphatic rings. The van der Waals surface area contributed by atoms with Crippen molar-refractivity contribution in [2.75, 3.05) is 0 Å². The molecule has 0 saturated heterocycles. The number of aryl methyl sites for hydroxylation is 2. The molecule has 0 fully saturated rings. The van der Waals surface area contributed by atoms with Crippen molar-refractivity contribution in [1.82, 2.24) is 0 Å². The number of benzene rings is 1. The topological polar surface area (TPSA) is 50.4 Å². The van der Waals surface area contributed by atoms with Gasteiger partial charge in [-0.05, 0) is 37.1 Å². The van der Waals surface area contributed by atoms with Gasteiger partial charge in [0, 0.05) is 0 Å². The largest absolute Gasteiger partial charge is 0.504 e. The molecule has 94 valence electrons. The Labute approximate surface area is 101 Å². The van der Waals surface area contributed by atoms with Crippen molar-refractivity contribution < 1.29 is 18.3 Å². The van der Waals surface area contributed by atoms with E-state index in [-0.39, 0.29) is 16.9 Å². The first kappa shape index (κ1) is 12.3. The Morgan fingerprint density at radius 2 is 1.89 bits per heavy atom. The van der Waals surface area contributed by atoms with Gasteiger partial charge in [0.05, 0.1) is 0 Å². The monoisotopic (exact) mass is 252 g/mol. The number of rotatable bonds is 1. The third kappa shape index (κ3) is 1.88. The van der Waals surface area contributed by atoms with E-state index in [9.17, 15) is 18.7 Å². The molecule has 2 aromatic rings. The summed E-state index contributed by atoms with van der Waals surface area (Å²) in [5.74, 6) is -2.54. The molecule has 0 atom stereocenters. The van der Waals surface area contributed by atoms with Crippen molar-refractivity contribution >= 4 is 0 Å². The van der Waals surface area contributed by atoms with Crippen LogP contribution < -0.4 is 5.63 Å². The van der Waals surface area contributed by atoms with Gasteiger partial charge in [0.15, 0.2) is 5.75 Å². The highest BCUT2D eigenvalue weighted by Gasteiger charge is 2.20. The second-order valence-corrected chi connectivity index (χ2v) is 3.94. The second kappa shape index (κ2) is 4.25. The molecule has 0 saturated carbocycles. The smallest absolute Gasteiger partial charge is 0.347 e. The zero-order valence-electron chi connectivity index (χ0n) is 9.75. The highest BCUT2D eigenvalue weighted by atomic mass is 19.1. The van der Waals surface area contributed by atoms with E-state index in [4.69, 9.17) is 0 Å². The summed E-state index contributed by atoms with van der Waals surface area (Å²) in [6.07, 6.45) is 0. The zero-order chi connectivity index (χ0) is 13.4. The van der Waals surface area contributed by atoms with E-state index >= 15 is 0 Å². The Bertz CT molecular complexity index is 675. The molecule has 18 heavy (non-hydrogen) atoms. The molecular formula is C13H10F2O3. The maximum absolute atomic E-state index is 13.5. The van der Waals surface area contributed by atoms with E-state index in [0.717, 1.165) is 6.07 Å². The SMILES string of the molecule is Cc1cc(F)ccc1-c1c(O)c(F)c(C)oc1=O. The van der Waals surface area contributed by atoms with Crippen LogP contribution in [0.15, 0.2) is 27.4 Å². The van der Waals surface area contributed by atoms with Gasteiger partial charge in [0.2, 0.25) is 5.82 Å². The van der Waals surface area contributed by atoms with E-state index in [1.165, 1.54) is 19.1 Å². The average Bonchev–Trinajstić information content (AvgIpc) is 2.29. The predicted octanol–water partition coefficient (Wildman–Crippen LogP) is 2.91. The van der Waals surface area contributed by atoms with Crippen molar-refractivity contribution in [2.24, 2.45) is 0 Å². The van der Waals surface area contributed by atoms with Gasteiger partial charge in [-0.3, -0.25) is 0 Å². The fourth-order valence-electron chi connectivity index (χ4n) is 1.75. The van der Waals surface area contributed by atoms with Crippen molar-refractivity contribution in [3.8, 4) is 16.9 Å². The third-order valence-electron chi connectivity index (χ3n) is 2.66. The molecule has 0 radical (unpaired) electrons. The summed E-state index contributed by atoms with van der Waals surface area (Å²) < 4.78 is 31.2. The lowest BCUT2D eigenvalue weighted by molar-refractivity contribution is 0.379. The quantitative estimate of drug-likeness (QED) is 0.848. The van der Waals surface area contributed by atoms with Crippen LogP contribution in [0.25, 0.3) is 11.1 Å². The molecule has 1 heterocycles. The number of hydrogen-bond acceptors (Lipinski definition) is 3. The molecule has 0 aliphatic heterocycles. The summed E-state index contributed by atoms with van der Waals surface area (Å²) in [5, 5.41) is 9.68. The van der Waals surface area contributed by atoms with Crippen molar-refractivity contribution in [3.63, 3.8) is 0 Å². The fraction of sp³-hybridized carbons (Fsp3) is 0.154. The average molecular weight is 252 g/mol. The molecule has 2 rings (SSSR count). The van der Waals surface area contributed by atoms with Crippen LogP contribution in [0.5, 0.6) is 5.75 Å². The molecule has 0 bridgehead atoms. The van der Waals surface area contributed by atoms with E-state index in [2.05, 4.69) is 4.42 Å². The van der Waals surface area contributed by atoms with Crippen LogP contribution in [0.2, 0.25) is 0 Å². The summed E-state index contributed by atoms with van der Waals surface area (Å²) in [4.78, 5) is 11.7. The van der Waals surface area contributed by atoms with Crippen LogP contribution in [0.3, 0.4) is 0 Å². The lowest BCUT2D eigenvalue weighted by Gasteiger charge is -2.08. The summed E-state index contributed by atoms with van der Waals surface area (Å²) in [5.41, 5.74) is -0.515. The zero-order valence-corrected chi connectivity index (χ0v) is 9.75. The van der Waals surface area contributed by atoms with Crippen LogP contribution >= 0.6 is 0 Å². The molecule has 0 amide bonds. The molecule has 0 unspecified atom stereocenters. The Balaban J connectivity index is 2.79. The van der Waals surface area contributed by atoms with E-state index < -0.39 is 23.0 Å². The number of aromatic hydroxyl groups is 1. The standard InChI is InChI=1S/C13H10F2O3/c1-6-5-8(14)3-4-9(6)10-12(16)11(15)7(2)18-13(10)17/h3-5,16H,1-2H3. The van der Waals surface area contributed by atoms with Gasteiger partial charge in [0.25, 0.3) is 0 Å². The first-order valence-corrected chi connectivity index (χ1v) is 5.20. The lowest BCUT2D eigenvalue weighted by Crippen LogP contribution is -2.07. The minimum Gasteiger partial charge on any atom is -0.504 e. The van der Waals surface area contributed by atoms with Crippen LogP contribution in [0.1, 0.15) is 11.3 Å². The van der Waals surface area contributed by atoms with Gasteiger partial charge >= 0.3 is 5.63 Å². The van der Waals surface area contributed by atoms with Gasteiger partial charge in [-0.25, -0.2) is 9.18 Å². The van der Waals surface area contributed by atoms with Gasteiger partial charge in [-0.2, -0.15) is 4.39 Å². The maximum atomic E-state index is 13.5. The van der Waals surface area contributed by atoms with E-state index in [1.807, 2.05) is 0 Å². The van der Waals surface area contributed by atoms with Crippen LogP contribution in [0, 0.1) is 25.5 Å². The molecule has 0 aliphatic carbocycles. The van der Waals surface area contributed by atoms with Crippen molar-refractivity contribution in [3.05, 3.63) is 51.6 Å². The van der Waals surface area contributed by atoms with Crippen LogP contribution in [-0.2, 0) is 0 Å². The van der Waals surface area contributed by atoms with Crippen molar-refractivity contribution in [1.29, 1.82) is 0 Å². The molecule has 3 nitrogen and oxygen atoms in total. The van der Waals surface area contributed by atoms with Gasteiger partial charge < -0.3 is 9.52 Å². The summed E-state index contributed by atoms with van der Waals surface area (Å²) in [6.45, 7) is 2.78. The Morgan fingerprint density at radius 1 is 1.22 bits per heavy atom. The van der Waals surface area contributed by atoms with Gasteiger partial charge in [-0.1, -0.05) is 6.07 Å². The molecular weight excluding hydrogens is 242 g/mol. The highest BCUT2D eigenvalue weighted by Crippen LogP contribution is 2.31. The minimum absolute atomic E-state index is 0.238. The summed E-state index contributed by atoms with van der Waals surface area (Å²) >= 11 is 0. The second-order valence-electron chi connectivity index (χ2n) is 3.94. The first-order valence-electron chi connectivity index (χ1n) is 5.20.